The lowest BCUT2D eigenvalue weighted by molar-refractivity contribution is 0.235. The Labute approximate surface area is 121 Å². The third-order valence-corrected chi connectivity index (χ3v) is 5.38. The highest BCUT2D eigenvalue weighted by molar-refractivity contribution is 8.06. The van der Waals surface area contributed by atoms with Gasteiger partial charge in [-0.05, 0) is 35.9 Å². The molecular weight excluding hydrogens is 294 g/mol. The number of hydrogen-bond acceptors (Lipinski definition) is 5. The van der Waals surface area contributed by atoms with Gasteiger partial charge in [0.15, 0.2) is 0 Å². The monoisotopic (exact) mass is 307 g/mol. The van der Waals surface area contributed by atoms with Gasteiger partial charge in [-0.3, -0.25) is 0 Å². The molecule has 1 aromatic heterocycles. The highest BCUT2D eigenvalue weighted by Crippen LogP contribution is 2.28. The summed E-state index contributed by atoms with van der Waals surface area (Å²) in [5.74, 6) is 0. The zero-order valence-electron chi connectivity index (χ0n) is 10.8. The van der Waals surface area contributed by atoms with Crippen LogP contribution in [0.1, 0.15) is 17.2 Å². The number of aliphatic imine (C=N–C) groups is 1. The summed E-state index contributed by atoms with van der Waals surface area (Å²) in [6.45, 7) is 2.25. The van der Waals surface area contributed by atoms with Gasteiger partial charge in [-0.2, -0.15) is 11.3 Å². The van der Waals surface area contributed by atoms with E-state index in [1.807, 2.05) is 23.8 Å². The molecular formula is C14H13NO3S2. The van der Waals surface area contributed by atoms with E-state index in [1.54, 1.807) is 35.6 Å². The van der Waals surface area contributed by atoms with Crippen LogP contribution in [0, 0.1) is 6.92 Å². The highest BCUT2D eigenvalue weighted by Gasteiger charge is 2.32. The van der Waals surface area contributed by atoms with Crippen molar-refractivity contribution in [2.45, 2.75) is 17.9 Å². The van der Waals surface area contributed by atoms with Gasteiger partial charge in [-0.25, -0.2) is 13.4 Å². The fourth-order valence-electron chi connectivity index (χ4n) is 1.95. The van der Waals surface area contributed by atoms with Crippen LogP contribution in [-0.4, -0.2) is 20.2 Å². The molecule has 0 fully saturated rings. The van der Waals surface area contributed by atoms with Gasteiger partial charge in [0.1, 0.15) is 6.10 Å². The average Bonchev–Trinajstić information content (AvgIpc) is 3.10. The van der Waals surface area contributed by atoms with E-state index in [0.717, 1.165) is 11.1 Å². The number of rotatable bonds is 2. The minimum atomic E-state index is -3.65. The van der Waals surface area contributed by atoms with Crippen LogP contribution in [0.4, 0.5) is 0 Å². The molecule has 0 aliphatic carbocycles. The summed E-state index contributed by atoms with van der Waals surface area (Å²) in [5, 5.41) is 3.70. The van der Waals surface area contributed by atoms with Crippen molar-refractivity contribution in [1.82, 2.24) is 0 Å². The molecule has 6 heteroatoms. The number of ether oxygens (including phenoxy) is 1. The summed E-state index contributed by atoms with van der Waals surface area (Å²) in [6, 6.07) is 8.60. The lowest BCUT2D eigenvalue weighted by Crippen LogP contribution is -2.16. The van der Waals surface area contributed by atoms with Gasteiger partial charge in [0, 0.05) is 5.56 Å². The molecule has 2 heterocycles. The van der Waals surface area contributed by atoms with Crippen LogP contribution >= 0.6 is 11.3 Å². The third kappa shape index (κ3) is 2.36. The van der Waals surface area contributed by atoms with Crippen LogP contribution in [0.5, 0.6) is 0 Å². The second-order valence-electron chi connectivity index (χ2n) is 4.59. The maximum Gasteiger partial charge on any atom is 0.310 e. The topological polar surface area (TPSA) is 55.7 Å². The van der Waals surface area contributed by atoms with Gasteiger partial charge in [-0.1, -0.05) is 17.7 Å². The van der Waals surface area contributed by atoms with Crippen LogP contribution in [0.25, 0.3) is 0 Å². The summed E-state index contributed by atoms with van der Waals surface area (Å²) in [5.41, 5.74) is 1.97. The van der Waals surface area contributed by atoms with Crippen LogP contribution in [0.2, 0.25) is 0 Å². The largest absolute Gasteiger partial charge is 0.459 e. The minimum absolute atomic E-state index is 0.183. The number of benzene rings is 1. The summed E-state index contributed by atoms with van der Waals surface area (Å²) >= 11 is 1.55. The van der Waals surface area contributed by atoms with E-state index in [9.17, 15) is 8.42 Å². The van der Waals surface area contributed by atoms with Crippen LogP contribution < -0.4 is 0 Å². The number of thiophene rings is 1. The molecule has 0 saturated heterocycles. The number of aryl methyl sites for hydroxylation is 1. The second-order valence-corrected chi connectivity index (χ2v) is 7.19. The Kier molecular flexibility index (Phi) is 3.35. The zero-order valence-corrected chi connectivity index (χ0v) is 12.4. The maximum absolute atomic E-state index is 12.4. The van der Waals surface area contributed by atoms with Crippen molar-refractivity contribution in [2.75, 3.05) is 6.54 Å². The van der Waals surface area contributed by atoms with Crippen molar-refractivity contribution in [3.8, 4) is 0 Å². The van der Waals surface area contributed by atoms with E-state index in [0.29, 0.717) is 6.54 Å². The summed E-state index contributed by atoms with van der Waals surface area (Å²) in [4.78, 5) is 4.27. The molecule has 3 rings (SSSR count). The first-order valence-corrected chi connectivity index (χ1v) is 8.55. The number of hydrogen-bond donors (Lipinski definition) is 0. The summed E-state index contributed by atoms with van der Waals surface area (Å²) in [6.07, 6.45) is -0.295. The van der Waals surface area contributed by atoms with E-state index >= 15 is 0 Å². The SMILES string of the molecule is Cc1ccc(S(=O)(=O)C2=NC[C@H](c3ccsc3)O2)cc1. The van der Waals surface area contributed by atoms with E-state index in [1.165, 1.54) is 0 Å². The molecule has 0 saturated carbocycles. The Balaban J connectivity index is 1.85. The molecule has 20 heavy (non-hydrogen) atoms. The normalized spacial score (nSPS) is 18.6. The van der Waals surface area contributed by atoms with Crippen molar-refractivity contribution in [2.24, 2.45) is 4.99 Å². The van der Waals surface area contributed by atoms with E-state index in [-0.39, 0.29) is 16.2 Å². The summed E-state index contributed by atoms with van der Waals surface area (Å²) in [7, 11) is -3.65. The van der Waals surface area contributed by atoms with Gasteiger partial charge in [0.05, 0.1) is 11.4 Å². The van der Waals surface area contributed by atoms with Crippen LogP contribution in [0.15, 0.2) is 51.0 Å². The number of sulfone groups is 1. The molecule has 0 bridgehead atoms. The van der Waals surface area contributed by atoms with Gasteiger partial charge >= 0.3 is 5.23 Å². The predicted octanol–water partition coefficient (Wildman–Crippen LogP) is 2.96. The number of nitrogens with zero attached hydrogens (tertiary/aromatic N) is 1. The minimum Gasteiger partial charge on any atom is -0.459 e. The first-order chi connectivity index (χ1) is 9.57. The Morgan fingerprint density at radius 3 is 2.65 bits per heavy atom. The quantitative estimate of drug-likeness (QED) is 0.857. The van der Waals surface area contributed by atoms with Crippen molar-refractivity contribution < 1.29 is 13.2 Å². The van der Waals surface area contributed by atoms with Gasteiger partial charge in [-0.15, -0.1) is 0 Å². The van der Waals surface area contributed by atoms with Gasteiger partial charge < -0.3 is 4.74 Å². The molecule has 0 spiro atoms. The smallest absolute Gasteiger partial charge is 0.310 e. The molecule has 0 radical (unpaired) electrons. The highest BCUT2D eigenvalue weighted by atomic mass is 32.2. The molecule has 0 N–H and O–H groups in total. The van der Waals surface area contributed by atoms with E-state index in [2.05, 4.69) is 4.99 Å². The van der Waals surface area contributed by atoms with Crippen molar-refractivity contribution in [1.29, 1.82) is 0 Å². The Hall–Kier alpha value is -1.66. The van der Waals surface area contributed by atoms with Crippen LogP contribution in [0.3, 0.4) is 0 Å². The van der Waals surface area contributed by atoms with Gasteiger partial charge in [0.25, 0.3) is 9.84 Å². The van der Waals surface area contributed by atoms with Crippen LogP contribution in [-0.2, 0) is 14.6 Å². The fourth-order valence-corrected chi connectivity index (χ4v) is 3.84. The average molecular weight is 307 g/mol. The second kappa shape index (κ2) is 5.03. The first-order valence-electron chi connectivity index (χ1n) is 6.12. The Morgan fingerprint density at radius 2 is 2.00 bits per heavy atom. The zero-order chi connectivity index (χ0) is 14.2. The van der Waals surface area contributed by atoms with E-state index in [4.69, 9.17) is 4.74 Å². The lowest BCUT2D eigenvalue weighted by Gasteiger charge is -2.10. The van der Waals surface area contributed by atoms with Gasteiger partial charge in [0.2, 0.25) is 0 Å². The molecule has 0 unspecified atom stereocenters. The first kappa shape index (κ1) is 13.3. The standard InChI is InChI=1S/C14H13NO3S2/c1-10-2-4-12(5-3-10)20(16,17)14-15-8-13(18-14)11-6-7-19-9-11/h2-7,9,13H,8H2,1H3/t13-/m1/s1. The molecule has 1 aliphatic rings. The van der Waals surface area contributed by atoms with Crippen molar-refractivity contribution in [3.05, 3.63) is 52.2 Å². The van der Waals surface area contributed by atoms with Crippen molar-refractivity contribution in [3.63, 3.8) is 0 Å². The molecule has 2 aromatic rings. The summed E-state index contributed by atoms with van der Waals surface area (Å²) < 4.78 is 30.3. The molecule has 1 atom stereocenters. The Morgan fingerprint density at radius 1 is 1.25 bits per heavy atom. The van der Waals surface area contributed by atoms with Crippen molar-refractivity contribution >= 4 is 26.4 Å². The fraction of sp³-hybridized carbons (Fsp3) is 0.214. The molecule has 1 aromatic carbocycles. The molecule has 104 valence electrons. The Bertz CT molecular complexity index is 731. The maximum atomic E-state index is 12.4. The molecule has 4 nitrogen and oxygen atoms in total. The lowest BCUT2D eigenvalue weighted by atomic mass is 10.2. The van der Waals surface area contributed by atoms with E-state index < -0.39 is 9.84 Å². The molecule has 1 aliphatic heterocycles. The third-order valence-electron chi connectivity index (χ3n) is 3.11. The molecule has 0 amide bonds. The predicted molar refractivity (Wildman–Crippen MR) is 78.8 cm³/mol.